The molecule has 0 fully saturated rings. The van der Waals surface area contributed by atoms with Crippen molar-refractivity contribution < 1.29 is 19.1 Å². The Bertz CT molecular complexity index is 802. The topological polar surface area (TPSA) is 92.2 Å². The van der Waals surface area contributed by atoms with E-state index in [1.54, 1.807) is 26.0 Å². The number of nitrogens with zero attached hydrogens (tertiary/aromatic N) is 2. The molecule has 0 saturated carbocycles. The van der Waals surface area contributed by atoms with Crippen molar-refractivity contribution in [1.82, 2.24) is 15.3 Å². The standard InChI is InChI=1S/C17H17ClFN3O3S/c1-9(2)13(16(24)25)21-15(23)14-12(18)7-20-17(22-14)26-8-10-3-5-11(19)6-4-10/h3-7,9,13H,8H2,1-2H3,(H,21,23)(H,24,25). The highest BCUT2D eigenvalue weighted by Crippen LogP contribution is 2.22. The summed E-state index contributed by atoms with van der Waals surface area (Å²) in [6.07, 6.45) is 1.29. The van der Waals surface area contributed by atoms with Crippen LogP contribution in [0.5, 0.6) is 0 Å². The second-order valence-electron chi connectivity index (χ2n) is 5.80. The van der Waals surface area contributed by atoms with E-state index in [1.165, 1.54) is 30.1 Å². The number of carbonyl (C=O) groups excluding carboxylic acids is 1. The Morgan fingerprint density at radius 1 is 1.31 bits per heavy atom. The number of aromatic nitrogens is 2. The van der Waals surface area contributed by atoms with Gasteiger partial charge in [0, 0.05) is 5.75 Å². The fraction of sp³-hybridized carbons (Fsp3) is 0.294. The lowest BCUT2D eigenvalue weighted by Crippen LogP contribution is -2.44. The maximum atomic E-state index is 12.9. The van der Waals surface area contributed by atoms with Crippen LogP contribution in [0, 0.1) is 11.7 Å². The van der Waals surface area contributed by atoms with Crippen LogP contribution in [-0.4, -0.2) is 33.0 Å². The van der Waals surface area contributed by atoms with Gasteiger partial charge in [0.25, 0.3) is 5.91 Å². The molecule has 0 spiro atoms. The van der Waals surface area contributed by atoms with Crippen LogP contribution in [0.25, 0.3) is 0 Å². The second kappa shape index (κ2) is 8.95. The Morgan fingerprint density at radius 2 is 1.96 bits per heavy atom. The molecule has 1 heterocycles. The van der Waals surface area contributed by atoms with Crippen LogP contribution in [0.15, 0.2) is 35.6 Å². The quantitative estimate of drug-likeness (QED) is 0.549. The van der Waals surface area contributed by atoms with Crippen LogP contribution in [0.3, 0.4) is 0 Å². The van der Waals surface area contributed by atoms with Crippen LogP contribution < -0.4 is 5.32 Å². The lowest BCUT2D eigenvalue weighted by Gasteiger charge is -2.17. The van der Waals surface area contributed by atoms with Crippen molar-refractivity contribution in [3.63, 3.8) is 0 Å². The molecule has 0 radical (unpaired) electrons. The number of hydrogen-bond acceptors (Lipinski definition) is 5. The molecule has 0 aliphatic heterocycles. The van der Waals surface area contributed by atoms with E-state index < -0.39 is 17.9 Å². The minimum Gasteiger partial charge on any atom is -0.480 e. The lowest BCUT2D eigenvalue weighted by molar-refractivity contribution is -0.140. The van der Waals surface area contributed by atoms with Gasteiger partial charge in [-0.05, 0) is 23.6 Å². The summed E-state index contributed by atoms with van der Waals surface area (Å²) in [5.74, 6) is -1.96. The molecule has 0 aliphatic rings. The molecule has 2 rings (SSSR count). The van der Waals surface area contributed by atoms with E-state index in [2.05, 4.69) is 15.3 Å². The number of carboxylic acids is 1. The van der Waals surface area contributed by atoms with Gasteiger partial charge in [-0.25, -0.2) is 19.2 Å². The first-order valence-electron chi connectivity index (χ1n) is 7.71. The first-order valence-corrected chi connectivity index (χ1v) is 9.07. The number of hydrogen-bond donors (Lipinski definition) is 2. The summed E-state index contributed by atoms with van der Waals surface area (Å²) in [5, 5.41) is 11.9. The van der Waals surface area contributed by atoms with E-state index in [0.29, 0.717) is 10.9 Å². The van der Waals surface area contributed by atoms with Crippen molar-refractivity contribution in [1.29, 1.82) is 0 Å². The average Bonchev–Trinajstić information content (AvgIpc) is 2.59. The number of benzene rings is 1. The number of carboxylic acid groups (broad SMARTS) is 1. The molecule has 2 aromatic rings. The van der Waals surface area contributed by atoms with Gasteiger partial charge >= 0.3 is 5.97 Å². The number of halogens is 2. The van der Waals surface area contributed by atoms with E-state index in [4.69, 9.17) is 11.6 Å². The normalized spacial score (nSPS) is 12.0. The maximum absolute atomic E-state index is 12.9. The number of aliphatic carboxylic acids is 1. The summed E-state index contributed by atoms with van der Waals surface area (Å²) in [6, 6.07) is 4.95. The van der Waals surface area contributed by atoms with Gasteiger partial charge in [-0.2, -0.15) is 0 Å². The Balaban J connectivity index is 2.11. The zero-order chi connectivity index (χ0) is 19.3. The van der Waals surface area contributed by atoms with E-state index in [9.17, 15) is 19.1 Å². The second-order valence-corrected chi connectivity index (χ2v) is 7.15. The summed E-state index contributed by atoms with van der Waals surface area (Å²) in [5.41, 5.74) is 0.780. The van der Waals surface area contributed by atoms with E-state index in [0.717, 1.165) is 5.56 Å². The Labute approximate surface area is 159 Å². The number of amides is 1. The van der Waals surface area contributed by atoms with E-state index >= 15 is 0 Å². The molecule has 0 saturated heterocycles. The van der Waals surface area contributed by atoms with E-state index in [1.807, 2.05) is 0 Å². The summed E-state index contributed by atoms with van der Waals surface area (Å²) in [4.78, 5) is 31.8. The predicted octanol–water partition coefficient (Wildman–Crippen LogP) is 3.40. The van der Waals surface area contributed by atoms with Crippen molar-refractivity contribution in [2.24, 2.45) is 5.92 Å². The molecule has 0 aliphatic carbocycles. The molecule has 1 atom stereocenters. The molecular weight excluding hydrogens is 381 g/mol. The number of nitrogens with one attached hydrogen (secondary N) is 1. The average molecular weight is 398 g/mol. The fourth-order valence-corrected chi connectivity index (χ4v) is 2.98. The first-order chi connectivity index (χ1) is 12.3. The van der Waals surface area contributed by atoms with E-state index in [-0.39, 0.29) is 22.5 Å². The Morgan fingerprint density at radius 3 is 2.54 bits per heavy atom. The zero-order valence-electron chi connectivity index (χ0n) is 14.1. The Hall–Kier alpha value is -2.19. The van der Waals surface area contributed by atoms with Gasteiger partial charge in [0.2, 0.25) is 0 Å². The van der Waals surface area contributed by atoms with Crippen LogP contribution in [0.2, 0.25) is 5.02 Å². The summed E-state index contributed by atoms with van der Waals surface area (Å²) < 4.78 is 12.9. The third kappa shape index (κ3) is 5.40. The van der Waals surface area contributed by atoms with Gasteiger partial charge in [0.1, 0.15) is 11.9 Å². The summed E-state index contributed by atoms with van der Waals surface area (Å²) >= 11 is 7.24. The van der Waals surface area contributed by atoms with Crippen molar-refractivity contribution >= 4 is 35.2 Å². The molecule has 6 nitrogen and oxygen atoms in total. The zero-order valence-corrected chi connectivity index (χ0v) is 15.6. The highest BCUT2D eigenvalue weighted by Gasteiger charge is 2.25. The first kappa shape index (κ1) is 20.1. The number of rotatable bonds is 7. The van der Waals surface area contributed by atoms with Gasteiger partial charge < -0.3 is 10.4 Å². The molecule has 2 N–H and O–H groups in total. The van der Waals surface area contributed by atoms with Crippen LogP contribution in [-0.2, 0) is 10.5 Å². The minimum absolute atomic E-state index is 0.0292. The van der Waals surface area contributed by atoms with Crippen molar-refractivity contribution in [2.75, 3.05) is 0 Å². The van der Waals surface area contributed by atoms with Crippen molar-refractivity contribution in [3.8, 4) is 0 Å². The fourth-order valence-electron chi connectivity index (χ4n) is 2.03. The smallest absolute Gasteiger partial charge is 0.326 e. The summed E-state index contributed by atoms with van der Waals surface area (Å²) in [6.45, 7) is 3.37. The molecular formula is C17H17ClFN3O3S. The van der Waals surface area contributed by atoms with Crippen molar-refractivity contribution in [2.45, 2.75) is 30.8 Å². The van der Waals surface area contributed by atoms with Crippen LogP contribution in [0.1, 0.15) is 29.9 Å². The molecule has 9 heteroatoms. The SMILES string of the molecule is CC(C)C(NC(=O)c1nc(SCc2ccc(F)cc2)ncc1Cl)C(=O)O. The van der Waals surface area contributed by atoms with Gasteiger partial charge in [0.05, 0.1) is 11.2 Å². The molecule has 26 heavy (non-hydrogen) atoms. The monoisotopic (exact) mass is 397 g/mol. The van der Waals surface area contributed by atoms with Gasteiger partial charge in [-0.1, -0.05) is 49.3 Å². The number of carbonyl (C=O) groups is 2. The molecule has 1 amide bonds. The largest absolute Gasteiger partial charge is 0.480 e. The van der Waals surface area contributed by atoms with Crippen molar-refractivity contribution in [3.05, 3.63) is 52.6 Å². The minimum atomic E-state index is -1.13. The molecule has 1 unspecified atom stereocenters. The lowest BCUT2D eigenvalue weighted by atomic mass is 10.0. The molecule has 0 bridgehead atoms. The van der Waals surface area contributed by atoms with Gasteiger partial charge in [-0.15, -0.1) is 0 Å². The molecule has 1 aromatic heterocycles. The Kier molecular flexibility index (Phi) is 6.93. The highest BCUT2D eigenvalue weighted by atomic mass is 35.5. The third-order valence-electron chi connectivity index (χ3n) is 3.44. The maximum Gasteiger partial charge on any atom is 0.326 e. The summed E-state index contributed by atoms with van der Waals surface area (Å²) in [7, 11) is 0. The van der Waals surface area contributed by atoms with Crippen LogP contribution >= 0.6 is 23.4 Å². The van der Waals surface area contributed by atoms with Gasteiger partial charge in [0.15, 0.2) is 10.9 Å². The molecule has 138 valence electrons. The highest BCUT2D eigenvalue weighted by molar-refractivity contribution is 7.98. The predicted molar refractivity (Wildman–Crippen MR) is 96.7 cm³/mol. The number of thioether (sulfide) groups is 1. The van der Waals surface area contributed by atoms with Crippen LogP contribution in [0.4, 0.5) is 4.39 Å². The van der Waals surface area contributed by atoms with Gasteiger partial charge in [-0.3, -0.25) is 4.79 Å². The third-order valence-corrected chi connectivity index (χ3v) is 4.65. The molecule has 1 aromatic carbocycles.